The van der Waals surface area contributed by atoms with E-state index < -0.39 is 41.6 Å². The number of rotatable bonds is 10. The molecule has 7 atom stereocenters. The number of nitrogens with zero attached hydrogens (tertiary/aromatic N) is 2. The molecule has 0 radical (unpaired) electrons. The number of esters is 1. The minimum atomic E-state index is -1.26. The van der Waals surface area contributed by atoms with Gasteiger partial charge in [0.2, 0.25) is 5.91 Å². The van der Waals surface area contributed by atoms with E-state index in [-0.39, 0.29) is 42.3 Å². The molecule has 3 unspecified atom stereocenters. The van der Waals surface area contributed by atoms with E-state index in [4.69, 9.17) is 21.1 Å². The number of fused-ring (bicyclic) bond motifs is 1. The van der Waals surface area contributed by atoms with Gasteiger partial charge in [0.15, 0.2) is 0 Å². The standard InChI is InChI=1S/C27H32BrClN2O6/c1-5-11-30(17-9-7-16(29)8-10-17)25(34)23-27-13-18(28)22(37-27)20(26(35)36-12-6-2)21(27)24(33)31(23)19(14-32)15(3)4/h5-10,15,18-23,32H,1-2,11-14H2,3-4H3/t18?,19-,20+,21-,22+,23?,27?/m0/s1. The predicted octanol–water partition coefficient (Wildman–Crippen LogP) is 3.35. The third-order valence-electron chi connectivity index (χ3n) is 7.61. The van der Waals surface area contributed by atoms with Crippen LogP contribution in [-0.4, -0.2) is 76.2 Å². The summed E-state index contributed by atoms with van der Waals surface area (Å²) in [5.74, 6) is -3.29. The molecule has 37 heavy (non-hydrogen) atoms. The number of ether oxygens (including phenoxy) is 2. The van der Waals surface area contributed by atoms with Crippen LogP contribution in [0, 0.1) is 17.8 Å². The molecule has 200 valence electrons. The lowest BCUT2D eigenvalue weighted by Gasteiger charge is -2.40. The average Bonchev–Trinajstić information content (AvgIpc) is 3.45. The zero-order chi connectivity index (χ0) is 27.1. The Labute approximate surface area is 230 Å². The second-order valence-electron chi connectivity index (χ2n) is 10.0. The summed E-state index contributed by atoms with van der Waals surface area (Å²) in [5.41, 5.74) is -0.685. The van der Waals surface area contributed by atoms with E-state index in [0.29, 0.717) is 17.1 Å². The molecule has 1 aromatic rings. The number of aliphatic hydroxyl groups excluding tert-OH is 1. The summed E-state index contributed by atoms with van der Waals surface area (Å²) in [7, 11) is 0. The van der Waals surface area contributed by atoms with Gasteiger partial charge in [-0.1, -0.05) is 60.1 Å². The topological polar surface area (TPSA) is 96.4 Å². The second kappa shape index (κ2) is 10.9. The third kappa shape index (κ3) is 4.54. The molecule has 3 aliphatic rings. The molecular weight excluding hydrogens is 564 g/mol. The first kappa shape index (κ1) is 27.8. The number of hydrogen-bond donors (Lipinski definition) is 1. The molecule has 0 saturated carbocycles. The van der Waals surface area contributed by atoms with Crippen LogP contribution in [-0.2, 0) is 23.9 Å². The minimum absolute atomic E-state index is 0.00390. The van der Waals surface area contributed by atoms with Crippen LogP contribution in [0.15, 0.2) is 49.6 Å². The largest absolute Gasteiger partial charge is 0.461 e. The Balaban J connectivity index is 1.84. The van der Waals surface area contributed by atoms with Crippen molar-refractivity contribution in [1.29, 1.82) is 0 Å². The van der Waals surface area contributed by atoms with Crippen LogP contribution in [0.3, 0.4) is 0 Å². The number of carbonyl (C=O) groups is 3. The maximum atomic E-state index is 14.4. The van der Waals surface area contributed by atoms with Crippen molar-refractivity contribution < 1.29 is 29.0 Å². The number of halogens is 2. The van der Waals surface area contributed by atoms with Crippen molar-refractivity contribution in [2.75, 3.05) is 24.7 Å². The molecular formula is C27H32BrClN2O6. The Morgan fingerprint density at radius 1 is 1.32 bits per heavy atom. The van der Waals surface area contributed by atoms with Crippen LogP contribution < -0.4 is 4.90 Å². The van der Waals surface area contributed by atoms with Crippen LogP contribution in [0.1, 0.15) is 20.3 Å². The molecule has 1 aromatic carbocycles. The van der Waals surface area contributed by atoms with E-state index in [1.807, 2.05) is 13.8 Å². The molecule has 10 heteroatoms. The van der Waals surface area contributed by atoms with Gasteiger partial charge in [-0.2, -0.15) is 0 Å². The van der Waals surface area contributed by atoms with Gasteiger partial charge in [-0.15, -0.1) is 6.58 Å². The van der Waals surface area contributed by atoms with Crippen molar-refractivity contribution in [3.63, 3.8) is 0 Å². The SMILES string of the molecule is C=CCOC(=O)[C@H]1[C@@H]2OC3(CC2Br)C(C(=O)N(CC=C)c2ccc(Cl)cc2)N([C@@H](CO)C(C)C)C(=O)[C@H]13. The van der Waals surface area contributed by atoms with Crippen molar-refractivity contribution in [1.82, 2.24) is 4.90 Å². The van der Waals surface area contributed by atoms with Crippen LogP contribution >= 0.6 is 27.5 Å². The molecule has 8 nitrogen and oxygen atoms in total. The molecule has 2 amide bonds. The predicted molar refractivity (Wildman–Crippen MR) is 143 cm³/mol. The van der Waals surface area contributed by atoms with Gasteiger partial charge in [0.05, 0.1) is 30.6 Å². The number of benzene rings is 1. The van der Waals surface area contributed by atoms with Gasteiger partial charge in [0.1, 0.15) is 18.2 Å². The number of likely N-dealkylation sites (tertiary alicyclic amines) is 1. The van der Waals surface area contributed by atoms with Crippen LogP contribution in [0.2, 0.25) is 5.02 Å². The molecule has 3 saturated heterocycles. The molecule has 2 bridgehead atoms. The smallest absolute Gasteiger partial charge is 0.312 e. The number of anilines is 1. The first-order valence-corrected chi connectivity index (χ1v) is 13.6. The van der Waals surface area contributed by atoms with Crippen molar-refractivity contribution in [3.8, 4) is 0 Å². The van der Waals surface area contributed by atoms with Crippen molar-refractivity contribution >= 4 is 51.0 Å². The molecule has 4 rings (SSSR count). The van der Waals surface area contributed by atoms with Gasteiger partial charge in [0.25, 0.3) is 5.91 Å². The van der Waals surface area contributed by atoms with E-state index in [2.05, 4.69) is 29.1 Å². The molecule has 0 aromatic heterocycles. The van der Waals surface area contributed by atoms with Crippen LogP contribution in [0.4, 0.5) is 5.69 Å². The highest BCUT2D eigenvalue weighted by molar-refractivity contribution is 9.09. The molecule has 3 aliphatic heterocycles. The normalized spacial score (nSPS) is 30.8. The first-order chi connectivity index (χ1) is 17.6. The summed E-state index contributed by atoms with van der Waals surface area (Å²) < 4.78 is 11.9. The van der Waals surface area contributed by atoms with Crippen LogP contribution in [0.5, 0.6) is 0 Å². The number of aliphatic hydroxyl groups is 1. The maximum absolute atomic E-state index is 14.4. The lowest BCUT2D eigenvalue weighted by Crippen LogP contribution is -2.60. The van der Waals surface area contributed by atoms with Gasteiger partial charge in [0, 0.05) is 22.1 Å². The Hall–Kier alpha value is -2.20. The number of carbonyl (C=O) groups excluding carboxylic acids is 3. The van der Waals surface area contributed by atoms with E-state index in [9.17, 15) is 19.5 Å². The van der Waals surface area contributed by atoms with E-state index in [1.54, 1.807) is 30.3 Å². The fourth-order valence-corrected chi connectivity index (χ4v) is 7.12. The monoisotopic (exact) mass is 594 g/mol. The Morgan fingerprint density at radius 2 is 2.00 bits per heavy atom. The fourth-order valence-electron chi connectivity index (χ4n) is 6.05. The van der Waals surface area contributed by atoms with Crippen molar-refractivity contribution in [2.45, 2.75) is 48.9 Å². The lowest BCUT2D eigenvalue weighted by atomic mass is 9.70. The summed E-state index contributed by atoms with van der Waals surface area (Å²) in [5, 5.41) is 10.9. The molecule has 3 fully saturated rings. The number of amides is 2. The number of hydrogen-bond acceptors (Lipinski definition) is 6. The zero-order valence-corrected chi connectivity index (χ0v) is 23.2. The highest BCUT2D eigenvalue weighted by Crippen LogP contribution is 2.61. The average molecular weight is 596 g/mol. The molecule has 1 spiro atoms. The highest BCUT2D eigenvalue weighted by Gasteiger charge is 2.77. The van der Waals surface area contributed by atoms with Crippen LogP contribution in [0.25, 0.3) is 0 Å². The van der Waals surface area contributed by atoms with E-state index >= 15 is 0 Å². The summed E-state index contributed by atoms with van der Waals surface area (Å²) in [6.45, 7) is 11.0. The zero-order valence-electron chi connectivity index (χ0n) is 20.9. The Bertz CT molecular complexity index is 1080. The number of alkyl halides is 1. The molecule has 1 N–H and O–H groups in total. The van der Waals surface area contributed by atoms with Gasteiger partial charge in [-0.05, 0) is 36.6 Å². The minimum Gasteiger partial charge on any atom is -0.461 e. The maximum Gasteiger partial charge on any atom is 0.312 e. The first-order valence-electron chi connectivity index (χ1n) is 12.3. The summed E-state index contributed by atoms with van der Waals surface area (Å²) in [6.07, 6.45) is 2.79. The van der Waals surface area contributed by atoms with Gasteiger partial charge < -0.3 is 24.4 Å². The molecule has 0 aliphatic carbocycles. The van der Waals surface area contributed by atoms with Crippen molar-refractivity contribution in [3.05, 3.63) is 54.6 Å². The highest BCUT2D eigenvalue weighted by atomic mass is 79.9. The third-order valence-corrected chi connectivity index (χ3v) is 8.70. The fraction of sp³-hybridized carbons (Fsp3) is 0.519. The Kier molecular flexibility index (Phi) is 8.19. The van der Waals surface area contributed by atoms with E-state index in [1.165, 1.54) is 15.9 Å². The lowest BCUT2D eigenvalue weighted by molar-refractivity contribution is -0.155. The Morgan fingerprint density at radius 3 is 2.57 bits per heavy atom. The van der Waals surface area contributed by atoms with Gasteiger partial charge in [-0.25, -0.2) is 0 Å². The van der Waals surface area contributed by atoms with E-state index in [0.717, 1.165) is 0 Å². The van der Waals surface area contributed by atoms with Gasteiger partial charge >= 0.3 is 5.97 Å². The van der Waals surface area contributed by atoms with Gasteiger partial charge in [-0.3, -0.25) is 14.4 Å². The quantitative estimate of drug-likeness (QED) is 0.253. The summed E-state index contributed by atoms with van der Waals surface area (Å²) in [6, 6.07) is 5.09. The summed E-state index contributed by atoms with van der Waals surface area (Å²) >= 11 is 9.72. The summed E-state index contributed by atoms with van der Waals surface area (Å²) in [4.78, 5) is 44.5. The second-order valence-corrected chi connectivity index (χ2v) is 11.6. The van der Waals surface area contributed by atoms with Crippen molar-refractivity contribution in [2.24, 2.45) is 17.8 Å². The molecule has 3 heterocycles.